The molecule has 1 amide bonds. The maximum absolute atomic E-state index is 13.9. The van der Waals surface area contributed by atoms with E-state index in [-0.39, 0.29) is 18.4 Å². The summed E-state index contributed by atoms with van der Waals surface area (Å²) in [6.07, 6.45) is 4.47. The maximum Gasteiger partial charge on any atom is 0.311 e. The highest BCUT2D eigenvalue weighted by molar-refractivity contribution is 6.06. The zero-order valence-corrected chi connectivity index (χ0v) is 14.9. The highest BCUT2D eigenvalue weighted by Crippen LogP contribution is 2.49. The van der Waals surface area contributed by atoms with Gasteiger partial charge in [0.05, 0.1) is 16.5 Å². The van der Waals surface area contributed by atoms with Crippen LogP contribution in [0.3, 0.4) is 0 Å². The normalized spacial score (nSPS) is 27.1. The lowest BCUT2D eigenvalue weighted by molar-refractivity contribution is -0.149. The van der Waals surface area contributed by atoms with E-state index < -0.39 is 17.2 Å². The number of carboxylic acids is 1. The van der Waals surface area contributed by atoms with Crippen LogP contribution in [0.2, 0.25) is 0 Å². The van der Waals surface area contributed by atoms with Gasteiger partial charge in [-0.15, -0.1) is 0 Å². The summed E-state index contributed by atoms with van der Waals surface area (Å²) in [5.41, 5.74) is 1.13. The quantitative estimate of drug-likeness (QED) is 0.899. The first-order valence-electron chi connectivity index (χ1n) is 9.61. The number of fused-ring (bicyclic) bond motifs is 2. The number of pyridine rings is 1. The summed E-state index contributed by atoms with van der Waals surface area (Å²) in [4.78, 5) is 31.5. The number of halogens is 1. The molecule has 1 N–H and O–H groups in total. The van der Waals surface area contributed by atoms with Crippen LogP contribution in [0, 0.1) is 17.2 Å². The number of carboxylic acid groups (broad SMARTS) is 1. The van der Waals surface area contributed by atoms with Crippen LogP contribution in [-0.4, -0.2) is 40.0 Å². The van der Waals surface area contributed by atoms with Crippen molar-refractivity contribution >= 4 is 22.8 Å². The summed E-state index contributed by atoms with van der Waals surface area (Å²) in [6, 6.07) is 6.13. The molecule has 3 aliphatic rings. The molecule has 6 heteroatoms. The van der Waals surface area contributed by atoms with E-state index in [1.54, 1.807) is 17.0 Å². The van der Waals surface area contributed by atoms with Crippen LogP contribution in [0.1, 0.15) is 54.1 Å². The molecular formula is C21H21FN2O3. The summed E-state index contributed by atoms with van der Waals surface area (Å²) < 4.78 is 13.9. The van der Waals surface area contributed by atoms with Crippen molar-refractivity contribution in [2.75, 3.05) is 13.1 Å². The molecular weight excluding hydrogens is 347 g/mol. The smallest absolute Gasteiger partial charge is 0.311 e. The molecule has 140 valence electrons. The van der Waals surface area contributed by atoms with Gasteiger partial charge in [-0.1, -0.05) is 6.42 Å². The zero-order valence-electron chi connectivity index (χ0n) is 14.9. The number of nitrogens with zero attached hydrogens (tertiary/aromatic N) is 2. The van der Waals surface area contributed by atoms with Gasteiger partial charge in [-0.3, -0.25) is 14.6 Å². The Balaban J connectivity index is 1.56. The van der Waals surface area contributed by atoms with E-state index in [9.17, 15) is 19.1 Å². The van der Waals surface area contributed by atoms with Crippen LogP contribution in [0.4, 0.5) is 4.39 Å². The van der Waals surface area contributed by atoms with Gasteiger partial charge in [0.15, 0.2) is 0 Å². The lowest BCUT2D eigenvalue weighted by atomic mass is 9.81. The third-order valence-electron chi connectivity index (χ3n) is 6.60. The number of rotatable bonds is 3. The number of carbonyl (C=O) groups is 2. The average molecular weight is 368 g/mol. The molecule has 3 fully saturated rings. The van der Waals surface area contributed by atoms with Crippen LogP contribution in [0.5, 0.6) is 0 Å². The Morgan fingerprint density at radius 2 is 2.04 bits per heavy atom. The zero-order chi connectivity index (χ0) is 18.8. The summed E-state index contributed by atoms with van der Waals surface area (Å²) >= 11 is 0. The molecule has 0 spiro atoms. The summed E-state index contributed by atoms with van der Waals surface area (Å²) in [5.74, 6) is -1.03. The third-order valence-corrected chi connectivity index (χ3v) is 6.60. The van der Waals surface area contributed by atoms with Crippen molar-refractivity contribution in [1.29, 1.82) is 0 Å². The van der Waals surface area contributed by atoms with E-state index in [0.29, 0.717) is 35.3 Å². The molecule has 2 saturated carbocycles. The fraction of sp³-hybridized carbons (Fsp3) is 0.476. The first-order chi connectivity index (χ1) is 13.0. The van der Waals surface area contributed by atoms with E-state index >= 15 is 0 Å². The molecule has 2 heterocycles. The molecule has 0 unspecified atom stereocenters. The first-order valence-corrected chi connectivity index (χ1v) is 9.61. The maximum atomic E-state index is 13.9. The Bertz CT molecular complexity index is 971. The van der Waals surface area contributed by atoms with Crippen LogP contribution in [0.25, 0.3) is 10.9 Å². The summed E-state index contributed by atoms with van der Waals surface area (Å²) in [5, 5.41) is 10.3. The fourth-order valence-corrected chi connectivity index (χ4v) is 4.95. The van der Waals surface area contributed by atoms with Gasteiger partial charge in [0.25, 0.3) is 5.91 Å². The Kier molecular flexibility index (Phi) is 3.55. The molecule has 2 aliphatic carbocycles. The molecule has 1 aromatic heterocycles. The van der Waals surface area contributed by atoms with E-state index in [0.717, 1.165) is 31.4 Å². The van der Waals surface area contributed by atoms with Crippen molar-refractivity contribution in [2.45, 2.75) is 38.0 Å². The van der Waals surface area contributed by atoms with Gasteiger partial charge in [0, 0.05) is 30.1 Å². The number of aromatic nitrogens is 1. The third kappa shape index (κ3) is 2.53. The van der Waals surface area contributed by atoms with Crippen LogP contribution < -0.4 is 0 Å². The average Bonchev–Trinajstić information content (AvgIpc) is 3.30. The molecule has 5 rings (SSSR count). The number of hydrogen-bond donors (Lipinski definition) is 1. The molecule has 5 nitrogen and oxygen atoms in total. The Morgan fingerprint density at radius 1 is 1.22 bits per heavy atom. The van der Waals surface area contributed by atoms with Gasteiger partial charge in [0.1, 0.15) is 5.82 Å². The lowest BCUT2D eigenvalue weighted by Gasteiger charge is -2.23. The van der Waals surface area contributed by atoms with Crippen LogP contribution in [0.15, 0.2) is 24.3 Å². The molecule has 2 atom stereocenters. The Labute approximate surface area is 156 Å². The number of benzene rings is 1. The minimum Gasteiger partial charge on any atom is -0.481 e. The Hall–Kier alpha value is -2.50. The summed E-state index contributed by atoms with van der Waals surface area (Å²) in [6.45, 7) is 0.701. The van der Waals surface area contributed by atoms with Crippen LogP contribution in [-0.2, 0) is 4.79 Å². The van der Waals surface area contributed by atoms with Crippen LogP contribution >= 0.6 is 0 Å². The molecule has 27 heavy (non-hydrogen) atoms. The van der Waals surface area contributed by atoms with Gasteiger partial charge in [-0.05, 0) is 55.9 Å². The number of aliphatic carboxylic acids is 1. The van der Waals surface area contributed by atoms with Crippen molar-refractivity contribution in [3.05, 3.63) is 41.3 Å². The van der Waals surface area contributed by atoms with E-state index in [1.165, 1.54) is 12.1 Å². The van der Waals surface area contributed by atoms with Gasteiger partial charge >= 0.3 is 5.97 Å². The fourth-order valence-electron chi connectivity index (χ4n) is 4.95. The van der Waals surface area contributed by atoms with Gasteiger partial charge in [-0.2, -0.15) is 0 Å². The molecule has 2 aromatic rings. The summed E-state index contributed by atoms with van der Waals surface area (Å²) in [7, 11) is 0. The SMILES string of the molecule is O=C(c1cc(C2CC2)nc2ccc(F)cc12)N1C[C@@H]2CCC[C@@]2(C(=O)O)C1. The highest BCUT2D eigenvalue weighted by atomic mass is 19.1. The van der Waals surface area contributed by atoms with Crippen molar-refractivity contribution in [3.8, 4) is 0 Å². The second kappa shape index (κ2) is 5.75. The Morgan fingerprint density at radius 3 is 2.74 bits per heavy atom. The standard InChI is InChI=1S/C21H21FN2O3/c22-14-5-6-17-15(8-14)16(9-18(23-17)12-3-4-12)19(25)24-10-13-2-1-7-21(13,11-24)20(26)27/h5-6,8-9,12-13H,1-4,7,10-11H2,(H,26,27)/t13-,21+/m0/s1. The second-order valence-corrected chi connectivity index (χ2v) is 8.27. The van der Waals surface area contributed by atoms with Crippen molar-refractivity contribution in [1.82, 2.24) is 9.88 Å². The molecule has 1 aromatic carbocycles. The first kappa shape index (κ1) is 16.7. The minimum atomic E-state index is -0.816. The number of hydrogen-bond acceptors (Lipinski definition) is 3. The predicted octanol–water partition coefficient (Wildman–Crippen LogP) is 3.58. The van der Waals surface area contributed by atoms with Crippen molar-refractivity contribution in [3.63, 3.8) is 0 Å². The molecule has 1 saturated heterocycles. The van der Waals surface area contributed by atoms with E-state index in [1.807, 2.05) is 0 Å². The monoisotopic (exact) mass is 368 g/mol. The number of carbonyl (C=O) groups excluding carboxylic acids is 1. The minimum absolute atomic E-state index is 0.00619. The lowest BCUT2D eigenvalue weighted by Crippen LogP contribution is -2.37. The van der Waals surface area contributed by atoms with E-state index in [2.05, 4.69) is 4.98 Å². The molecule has 1 aliphatic heterocycles. The van der Waals surface area contributed by atoms with Gasteiger partial charge in [0.2, 0.25) is 0 Å². The topological polar surface area (TPSA) is 70.5 Å². The van der Waals surface area contributed by atoms with Crippen molar-refractivity contribution < 1.29 is 19.1 Å². The molecule has 0 bridgehead atoms. The second-order valence-electron chi connectivity index (χ2n) is 8.27. The van der Waals surface area contributed by atoms with E-state index in [4.69, 9.17) is 0 Å². The van der Waals surface area contributed by atoms with Gasteiger partial charge in [-0.25, -0.2) is 4.39 Å². The largest absolute Gasteiger partial charge is 0.481 e. The molecule has 0 radical (unpaired) electrons. The predicted molar refractivity (Wildman–Crippen MR) is 97.0 cm³/mol. The number of amides is 1. The van der Waals surface area contributed by atoms with Crippen molar-refractivity contribution in [2.24, 2.45) is 11.3 Å². The number of likely N-dealkylation sites (tertiary alicyclic amines) is 1. The highest BCUT2D eigenvalue weighted by Gasteiger charge is 2.55. The van der Waals surface area contributed by atoms with Gasteiger partial charge < -0.3 is 10.0 Å².